The zero-order chi connectivity index (χ0) is 31.0. The third kappa shape index (κ3) is 8.10. The van der Waals surface area contributed by atoms with Crippen molar-refractivity contribution in [1.82, 2.24) is 9.29 Å². The van der Waals surface area contributed by atoms with Crippen molar-refractivity contribution < 1.29 is 28.6 Å². The fourth-order valence-electron chi connectivity index (χ4n) is 4.86. The van der Waals surface area contributed by atoms with E-state index in [1.54, 1.807) is 78.9 Å². The molecule has 10 nitrogen and oxygen atoms in total. The number of aromatic nitrogens is 1. The van der Waals surface area contributed by atoms with Crippen LogP contribution in [0.5, 0.6) is 0 Å². The summed E-state index contributed by atoms with van der Waals surface area (Å²) in [5.41, 5.74) is 7.15. The molecule has 0 aliphatic heterocycles. The Morgan fingerprint density at radius 1 is 0.860 bits per heavy atom. The second-order valence-electron chi connectivity index (χ2n) is 10.4. The number of hydrogen-bond acceptors (Lipinski definition) is 6. The Hall–Kier alpha value is -4.45. The molecule has 4 aromatic rings. The zero-order valence-electron chi connectivity index (χ0n) is 23.6. The number of Topliss-reactive ketones (excluding diaryl/α,β-unsaturated/α-hetero) is 1. The van der Waals surface area contributed by atoms with Gasteiger partial charge < -0.3 is 16.2 Å². The van der Waals surface area contributed by atoms with Crippen molar-refractivity contribution in [3.05, 3.63) is 102 Å². The molecule has 1 unspecified atom stereocenters. The molecule has 0 saturated carbocycles. The lowest BCUT2D eigenvalue weighted by Crippen LogP contribution is -2.43. The Kier molecular flexibility index (Phi) is 10.4. The Bertz CT molecular complexity index is 1600. The summed E-state index contributed by atoms with van der Waals surface area (Å²) >= 11 is 0. The summed E-state index contributed by atoms with van der Waals surface area (Å²) in [4.78, 5) is 38.2. The Morgan fingerprint density at radius 2 is 1.49 bits per heavy atom. The number of carboxylic acid groups (broad SMARTS) is 1. The molecule has 1 atom stereocenters. The predicted molar refractivity (Wildman–Crippen MR) is 168 cm³/mol. The molecule has 1 heterocycles. The number of ketones is 1. The van der Waals surface area contributed by atoms with Gasteiger partial charge in [0, 0.05) is 31.1 Å². The lowest BCUT2D eigenvalue weighted by Gasteiger charge is -2.35. The van der Waals surface area contributed by atoms with Crippen LogP contribution < -0.4 is 11.1 Å². The average molecular weight is 605 g/mol. The molecule has 0 saturated heterocycles. The molecule has 0 aliphatic carbocycles. The zero-order valence-corrected chi connectivity index (χ0v) is 24.4. The van der Waals surface area contributed by atoms with Gasteiger partial charge in [-0.1, -0.05) is 77.9 Å². The SMILES string of the molecule is N=C(N)CCCCCC(=O)Cc1ccc(CC(NC(=O)c2cc3ccccc3n2S(O)(O)c2ccccc2)C(=O)O)cc1. The molecular weight excluding hydrogens is 568 g/mol. The third-order valence-corrected chi connectivity index (χ3v) is 8.89. The molecule has 0 radical (unpaired) electrons. The normalized spacial score (nSPS) is 12.5. The Morgan fingerprint density at radius 3 is 2.16 bits per heavy atom. The number of nitrogens with zero attached hydrogens (tertiary/aromatic N) is 1. The van der Waals surface area contributed by atoms with E-state index in [-0.39, 0.29) is 35.0 Å². The van der Waals surface area contributed by atoms with Crippen LogP contribution in [-0.2, 0) is 22.4 Å². The predicted octanol–water partition coefficient (Wildman–Crippen LogP) is 5.64. The second kappa shape index (κ2) is 14.1. The number of para-hydroxylation sites is 1. The molecule has 0 spiro atoms. The van der Waals surface area contributed by atoms with Crippen LogP contribution in [0.1, 0.15) is 53.7 Å². The van der Waals surface area contributed by atoms with Gasteiger partial charge in [0.1, 0.15) is 17.5 Å². The number of aliphatic carboxylic acids is 1. The van der Waals surface area contributed by atoms with Crippen LogP contribution in [-0.4, -0.2) is 47.7 Å². The highest BCUT2D eigenvalue weighted by molar-refractivity contribution is 8.23. The number of unbranched alkanes of at least 4 members (excludes halogenated alkanes) is 2. The van der Waals surface area contributed by atoms with Gasteiger partial charge in [0.2, 0.25) is 0 Å². The van der Waals surface area contributed by atoms with Gasteiger partial charge in [-0.05, 0) is 48.2 Å². The van der Waals surface area contributed by atoms with Crippen molar-refractivity contribution in [2.45, 2.75) is 55.9 Å². The van der Waals surface area contributed by atoms with Gasteiger partial charge in [0.25, 0.3) is 5.91 Å². The molecule has 7 N–H and O–H groups in total. The summed E-state index contributed by atoms with van der Waals surface area (Å²) in [6.45, 7) is 0. The molecule has 0 fully saturated rings. The van der Waals surface area contributed by atoms with Crippen LogP contribution in [0.25, 0.3) is 10.9 Å². The molecule has 1 amide bonds. The van der Waals surface area contributed by atoms with Crippen LogP contribution in [0.15, 0.2) is 89.8 Å². The highest BCUT2D eigenvalue weighted by Crippen LogP contribution is 2.52. The second-order valence-corrected chi connectivity index (χ2v) is 12.3. The monoisotopic (exact) mass is 604 g/mol. The Balaban J connectivity index is 1.45. The highest BCUT2D eigenvalue weighted by Gasteiger charge is 2.29. The minimum Gasteiger partial charge on any atom is -0.480 e. The average Bonchev–Trinajstić information content (AvgIpc) is 3.39. The summed E-state index contributed by atoms with van der Waals surface area (Å²) in [6.07, 6.45) is 3.59. The first kappa shape index (κ1) is 31.5. The van der Waals surface area contributed by atoms with Gasteiger partial charge in [-0.15, -0.1) is 0 Å². The number of nitrogens with two attached hydrogens (primary N) is 1. The van der Waals surface area contributed by atoms with E-state index in [1.165, 1.54) is 10.0 Å². The molecule has 4 rings (SSSR count). The molecule has 0 bridgehead atoms. The van der Waals surface area contributed by atoms with E-state index in [9.17, 15) is 28.6 Å². The fraction of sp³-hybridized carbons (Fsp3) is 0.250. The van der Waals surface area contributed by atoms with E-state index in [1.807, 2.05) is 0 Å². The molecule has 0 aliphatic rings. The van der Waals surface area contributed by atoms with Crippen molar-refractivity contribution in [3.8, 4) is 0 Å². The molecule has 3 aromatic carbocycles. The van der Waals surface area contributed by atoms with Crippen molar-refractivity contribution in [3.63, 3.8) is 0 Å². The van der Waals surface area contributed by atoms with E-state index in [0.29, 0.717) is 29.3 Å². The van der Waals surface area contributed by atoms with Gasteiger partial charge in [0.05, 0.1) is 16.2 Å². The summed E-state index contributed by atoms with van der Waals surface area (Å²) in [5, 5.41) is 20.3. The first-order valence-corrected chi connectivity index (χ1v) is 15.5. The summed E-state index contributed by atoms with van der Waals surface area (Å²) in [6, 6.07) is 22.3. The number of benzene rings is 3. The van der Waals surface area contributed by atoms with Crippen LogP contribution in [0.3, 0.4) is 0 Å². The largest absolute Gasteiger partial charge is 0.480 e. The highest BCUT2D eigenvalue weighted by atomic mass is 32.3. The van der Waals surface area contributed by atoms with E-state index in [2.05, 4.69) is 5.32 Å². The number of fused-ring (bicyclic) bond motifs is 1. The Labute approximate surface area is 251 Å². The minimum atomic E-state index is -3.67. The topological polar surface area (TPSA) is 179 Å². The van der Waals surface area contributed by atoms with Gasteiger partial charge in [0.15, 0.2) is 0 Å². The van der Waals surface area contributed by atoms with Crippen molar-refractivity contribution in [1.29, 1.82) is 5.41 Å². The number of hydrogen-bond donors (Lipinski definition) is 6. The first-order valence-electron chi connectivity index (χ1n) is 14.0. The minimum absolute atomic E-state index is 0.0133. The van der Waals surface area contributed by atoms with Gasteiger partial charge in [-0.2, -0.15) is 0 Å². The van der Waals surface area contributed by atoms with Crippen LogP contribution >= 0.6 is 10.8 Å². The van der Waals surface area contributed by atoms with Crippen LogP contribution in [0.2, 0.25) is 0 Å². The number of carboxylic acids is 1. The van der Waals surface area contributed by atoms with Crippen molar-refractivity contribution in [2.75, 3.05) is 0 Å². The number of amides is 1. The summed E-state index contributed by atoms with van der Waals surface area (Å²) in [7, 11) is -3.67. The van der Waals surface area contributed by atoms with E-state index in [0.717, 1.165) is 24.8 Å². The third-order valence-electron chi connectivity index (χ3n) is 7.08. The van der Waals surface area contributed by atoms with E-state index < -0.39 is 28.7 Å². The fourth-order valence-corrected chi connectivity index (χ4v) is 6.45. The smallest absolute Gasteiger partial charge is 0.326 e. The lowest BCUT2D eigenvalue weighted by atomic mass is 10.00. The van der Waals surface area contributed by atoms with Gasteiger partial charge >= 0.3 is 5.97 Å². The van der Waals surface area contributed by atoms with Gasteiger partial charge in [-0.25, -0.2) is 8.77 Å². The maximum absolute atomic E-state index is 13.5. The summed E-state index contributed by atoms with van der Waals surface area (Å²) < 4.78 is 23.8. The van der Waals surface area contributed by atoms with Gasteiger partial charge in [-0.3, -0.25) is 24.1 Å². The maximum atomic E-state index is 13.5. The standard InChI is InChI=1S/C32H36N4O6S/c33-30(34)14-6-1-3-10-25(37)19-22-15-17-23(18-16-22)20-27(32(39)40)35-31(38)29-21-24-9-7-8-13-28(24)36(29)43(41,42)26-11-4-2-5-12-26/h2,4-5,7-9,11-13,15-18,21,27,41-42H,1,3,6,10,14,19-20H2,(H3,33,34)(H,35,38)(H,39,40). The molecular formula is C32H36N4O6S. The van der Waals surface area contributed by atoms with E-state index >= 15 is 0 Å². The number of nitrogens with one attached hydrogen (secondary N) is 2. The van der Waals surface area contributed by atoms with Crippen molar-refractivity contribution >= 4 is 45.2 Å². The molecule has 43 heavy (non-hydrogen) atoms. The van der Waals surface area contributed by atoms with Crippen molar-refractivity contribution in [2.24, 2.45) is 5.73 Å². The van der Waals surface area contributed by atoms with E-state index in [4.69, 9.17) is 11.1 Å². The maximum Gasteiger partial charge on any atom is 0.326 e. The summed E-state index contributed by atoms with van der Waals surface area (Å²) in [5.74, 6) is -1.75. The molecule has 1 aromatic heterocycles. The first-order chi connectivity index (χ1) is 20.6. The van der Waals surface area contributed by atoms with Crippen LogP contribution in [0.4, 0.5) is 0 Å². The lowest BCUT2D eigenvalue weighted by molar-refractivity contribution is -0.139. The van der Waals surface area contributed by atoms with Crippen LogP contribution in [0, 0.1) is 5.41 Å². The number of amidine groups is 1. The number of carbonyl (C=O) groups is 3. The number of rotatable bonds is 15. The molecule has 226 valence electrons. The number of carbonyl (C=O) groups excluding carboxylic acids is 2. The molecule has 11 heteroatoms. The quantitative estimate of drug-likeness (QED) is 0.0577.